The lowest BCUT2D eigenvalue weighted by Crippen LogP contribution is -2.20. The molecule has 1 amide bonds. The first-order valence-corrected chi connectivity index (χ1v) is 7.71. The van der Waals surface area contributed by atoms with Crippen LogP contribution in [0.2, 0.25) is 10.0 Å². The fourth-order valence-electron chi connectivity index (χ4n) is 1.82. The highest BCUT2D eigenvalue weighted by atomic mass is 35.5. The Kier molecular flexibility index (Phi) is 4.42. The number of nitrogens with one attached hydrogen (secondary N) is 1. The second-order valence-electron chi connectivity index (χ2n) is 4.35. The monoisotopic (exact) mass is 353 g/mol. The number of rotatable bonds is 4. The van der Waals surface area contributed by atoms with Gasteiger partial charge in [-0.05, 0) is 24.3 Å². The number of aromatic nitrogens is 2. The molecule has 112 valence electrons. The summed E-state index contributed by atoms with van der Waals surface area (Å²) in [6.45, 7) is -0.186. The molecule has 0 bridgehead atoms. The number of carbonyl (C=O) groups excluding carboxylic acids is 1. The molecule has 5 nitrogen and oxygen atoms in total. The molecule has 8 heteroatoms. The molecule has 0 aliphatic heterocycles. The Morgan fingerprint density at radius 2 is 2.09 bits per heavy atom. The largest absolute Gasteiger partial charge is 0.482 e. The zero-order valence-corrected chi connectivity index (χ0v) is 13.4. The third kappa shape index (κ3) is 3.30. The number of anilines is 1. The molecular weight excluding hydrogens is 345 g/mol. The number of nitrogens with zero attached hydrogens (tertiary/aromatic N) is 2. The number of carbonyl (C=O) groups is 1. The van der Waals surface area contributed by atoms with Gasteiger partial charge in [0.2, 0.25) is 0 Å². The molecule has 0 atom stereocenters. The Bertz CT molecular complexity index is 838. The van der Waals surface area contributed by atoms with Crippen molar-refractivity contribution in [2.75, 3.05) is 11.9 Å². The molecule has 0 fully saturated rings. The minimum atomic E-state index is -0.323. The summed E-state index contributed by atoms with van der Waals surface area (Å²) in [5.41, 5.74) is 1.99. The van der Waals surface area contributed by atoms with E-state index < -0.39 is 0 Å². The van der Waals surface area contributed by atoms with Crippen molar-refractivity contribution in [1.82, 2.24) is 8.75 Å². The van der Waals surface area contributed by atoms with Gasteiger partial charge in [-0.1, -0.05) is 29.3 Å². The van der Waals surface area contributed by atoms with Crippen LogP contribution >= 0.6 is 34.9 Å². The number of fused-ring (bicyclic) bond motifs is 1. The van der Waals surface area contributed by atoms with E-state index in [1.165, 1.54) is 0 Å². The van der Waals surface area contributed by atoms with E-state index in [1.54, 1.807) is 30.3 Å². The summed E-state index contributed by atoms with van der Waals surface area (Å²) in [6, 6.07) is 10.2. The van der Waals surface area contributed by atoms with Crippen molar-refractivity contribution >= 4 is 57.6 Å². The van der Waals surface area contributed by atoms with Gasteiger partial charge in [0.15, 0.2) is 6.61 Å². The summed E-state index contributed by atoms with van der Waals surface area (Å²) in [7, 11) is 0. The summed E-state index contributed by atoms with van der Waals surface area (Å²) < 4.78 is 13.7. The zero-order valence-electron chi connectivity index (χ0n) is 11.0. The molecule has 22 heavy (non-hydrogen) atoms. The first kappa shape index (κ1) is 15.0. The minimum absolute atomic E-state index is 0.186. The van der Waals surface area contributed by atoms with E-state index in [2.05, 4.69) is 14.1 Å². The molecule has 0 saturated heterocycles. The van der Waals surface area contributed by atoms with Crippen molar-refractivity contribution in [2.24, 2.45) is 0 Å². The first-order chi connectivity index (χ1) is 10.6. The molecule has 0 aliphatic carbocycles. The van der Waals surface area contributed by atoms with Crippen LogP contribution in [0.25, 0.3) is 11.0 Å². The van der Waals surface area contributed by atoms with Crippen molar-refractivity contribution in [2.45, 2.75) is 0 Å². The average molecular weight is 354 g/mol. The second kappa shape index (κ2) is 6.48. The molecule has 0 spiro atoms. The van der Waals surface area contributed by atoms with E-state index in [9.17, 15) is 4.79 Å². The van der Waals surface area contributed by atoms with Gasteiger partial charge < -0.3 is 10.1 Å². The average Bonchev–Trinajstić information content (AvgIpc) is 2.98. The van der Waals surface area contributed by atoms with Crippen LogP contribution in [-0.2, 0) is 4.79 Å². The van der Waals surface area contributed by atoms with Crippen LogP contribution in [0, 0.1) is 0 Å². The first-order valence-electron chi connectivity index (χ1n) is 6.22. The van der Waals surface area contributed by atoms with E-state index in [-0.39, 0.29) is 12.5 Å². The Labute approximate surface area is 140 Å². The topological polar surface area (TPSA) is 64.1 Å². The van der Waals surface area contributed by atoms with Crippen molar-refractivity contribution in [3.05, 3.63) is 46.4 Å². The van der Waals surface area contributed by atoms with Crippen molar-refractivity contribution in [3.63, 3.8) is 0 Å². The van der Waals surface area contributed by atoms with Gasteiger partial charge in [0.25, 0.3) is 5.91 Å². The number of hydrogen-bond acceptors (Lipinski definition) is 5. The summed E-state index contributed by atoms with van der Waals surface area (Å²) in [4.78, 5) is 12.0. The van der Waals surface area contributed by atoms with E-state index in [0.29, 0.717) is 27.0 Å². The van der Waals surface area contributed by atoms with Gasteiger partial charge in [0, 0.05) is 11.1 Å². The highest BCUT2D eigenvalue weighted by molar-refractivity contribution is 7.00. The molecule has 1 aromatic heterocycles. The lowest BCUT2D eigenvalue weighted by Gasteiger charge is -2.09. The van der Waals surface area contributed by atoms with Crippen LogP contribution in [0.4, 0.5) is 5.69 Å². The highest BCUT2D eigenvalue weighted by Crippen LogP contribution is 2.27. The van der Waals surface area contributed by atoms with Gasteiger partial charge >= 0.3 is 0 Å². The predicted molar refractivity (Wildman–Crippen MR) is 88.0 cm³/mol. The molecular formula is C14H9Cl2N3O2S. The predicted octanol–water partition coefficient (Wildman–Crippen LogP) is 4.02. The van der Waals surface area contributed by atoms with E-state index >= 15 is 0 Å². The fraction of sp³-hybridized carbons (Fsp3) is 0.0714. The Hall–Kier alpha value is -1.89. The lowest BCUT2D eigenvalue weighted by atomic mass is 10.2. The third-order valence-electron chi connectivity index (χ3n) is 2.81. The Morgan fingerprint density at radius 3 is 2.95 bits per heavy atom. The van der Waals surface area contributed by atoms with Crippen LogP contribution in [0.5, 0.6) is 5.75 Å². The molecule has 0 aliphatic rings. The van der Waals surface area contributed by atoms with Crippen LogP contribution in [-0.4, -0.2) is 21.3 Å². The van der Waals surface area contributed by atoms with Gasteiger partial charge in [0.1, 0.15) is 16.8 Å². The maximum atomic E-state index is 12.0. The molecule has 0 unspecified atom stereocenters. The summed E-state index contributed by atoms with van der Waals surface area (Å²) in [5.74, 6) is 0.0365. The van der Waals surface area contributed by atoms with Gasteiger partial charge in [-0.25, -0.2) is 0 Å². The highest BCUT2D eigenvalue weighted by Gasteiger charge is 2.10. The number of hydrogen-bond donors (Lipinski definition) is 1. The third-order valence-corrected chi connectivity index (χ3v) is 3.90. The minimum Gasteiger partial charge on any atom is -0.482 e. The van der Waals surface area contributed by atoms with E-state index in [0.717, 1.165) is 17.2 Å². The second-order valence-corrected chi connectivity index (χ2v) is 5.72. The van der Waals surface area contributed by atoms with E-state index in [1.807, 2.05) is 6.07 Å². The normalized spacial score (nSPS) is 10.6. The molecule has 2 aromatic carbocycles. The van der Waals surface area contributed by atoms with Gasteiger partial charge in [-0.2, -0.15) is 8.75 Å². The van der Waals surface area contributed by atoms with Gasteiger partial charge in [0.05, 0.1) is 22.4 Å². The zero-order chi connectivity index (χ0) is 15.5. The Morgan fingerprint density at radius 1 is 1.23 bits per heavy atom. The fourth-order valence-corrected chi connectivity index (χ4v) is 2.71. The Balaban J connectivity index is 1.68. The SMILES string of the molecule is O=C(COc1cc(Cl)ccc1Cl)Nc1cccc2nsnc12. The lowest BCUT2D eigenvalue weighted by molar-refractivity contribution is -0.118. The number of ether oxygens (including phenoxy) is 1. The van der Waals surface area contributed by atoms with Crippen LogP contribution in [0.15, 0.2) is 36.4 Å². The number of amides is 1. The molecule has 3 aromatic rings. The van der Waals surface area contributed by atoms with Crippen molar-refractivity contribution in [3.8, 4) is 5.75 Å². The molecule has 0 radical (unpaired) electrons. The quantitative estimate of drug-likeness (QED) is 0.769. The summed E-state index contributed by atoms with van der Waals surface area (Å²) in [6.07, 6.45) is 0. The number of halogens is 2. The van der Waals surface area contributed by atoms with Gasteiger partial charge in [-0.3, -0.25) is 4.79 Å². The van der Waals surface area contributed by atoms with Crippen LogP contribution in [0.3, 0.4) is 0 Å². The molecule has 1 N–H and O–H groups in total. The van der Waals surface area contributed by atoms with Gasteiger partial charge in [-0.15, -0.1) is 0 Å². The van der Waals surface area contributed by atoms with Crippen molar-refractivity contribution in [1.29, 1.82) is 0 Å². The molecule has 0 saturated carbocycles. The molecule has 1 heterocycles. The number of benzene rings is 2. The molecule has 3 rings (SSSR count). The summed E-state index contributed by atoms with van der Waals surface area (Å²) >= 11 is 12.9. The maximum Gasteiger partial charge on any atom is 0.262 e. The van der Waals surface area contributed by atoms with Crippen LogP contribution < -0.4 is 10.1 Å². The summed E-state index contributed by atoms with van der Waals surface area (Å²) in [5, 5.41) is 3.62. The standard InChI is InChI=1S/C14H9Cl2N3O2S/c15-8-4-5-9(16)12(6-8)21-7-13(20)17-10-2-1-3-11-14(10)19-22-18-11/h1-6H,7H2,(H,17,20). The maximum absolute atomic E-state index is 12.0. The van der Waals surface area contributed by atoms with Crippen LogP contribution in [0.1, 0.15) is 0 Å². The van der Waals surface area contributed by atoms with E-state index in [4.69, 9.17) is 27.9 Å². The van der Waals surface area contributed by atoms with Crippen molar-refractivity contribution < 1.29 is 9.53 Å². The smallest absolute Gasteiger partial charge is 0.262 e.